The summed E-state index contributed by atoms with van der Waals surface area (Å²) in [5, 5.41) is 8.91. The second-order valence-corrected chi connectivity index (χ2v) is 14.4. The number of para-hydroxylation sites is 5. The van der Waals surface area contributed by atoms with Crippen molar-refractivity contribution in [3.8, 4) is 22.3 Å². The highest BCUT2D eigenvalue weighted by molar-refractivity contribution is 6.19. The maximum atomic E-state index is 6.79. The van der Waals surface area contributed by atoms with Gasteiger partial charge < -0.3 is 18.2 Å². The van der Waals surface area contributed by atoms with Crippen LogP contribution in [0, 0.1) is 0 Å². The molecule has 0 aliphatic rings. The lowest BCUT2D eigenvalue weighted by atomic mass is 9.99. The summed E-state index contributed by atoms with van der Waals surface area (Å²) in [6, 6.07) is 66.0. The van der Waals surface area contributed by atoms with Gasteiger partial charge in [-0.25, -0.2) is 0 Å². The zero-order valence-corrected chi connectivity index (χ0v) is 30.1. The van der Waals surface area contributed by atoms with Gasteiger partial charge in [-0.15, -0.1) is 0 Å². The number of hydrogen-bond donors (Lipinski definition) is 0. The zero-order valence-electron chi connectivity index (χ0n) is 30.1. The number of fused-ring (bicyclic) bond motifs is 10. The molecule has 12 rings (SSSR count). The molecule has 9 aromatic carbocycles. The summed E-state index contributed by atoms with van der Waals surface area (Å²) < 4.78 is 19.7. The lowest BCUT2D eigenvalue weighted by molar-refractivity contribution is 0.669. The highest BCUT2D eigenvalue weighted by Crippen LogP contribution is 2.47. The Hall–Kier alpha value is -7.56. The molecule has 0 N–H and O–H groups in total. The molecule has 0 aliphatic heterocycles. The molecular weight excluding hydrogens is 687 g/mol. The van der Waals surface area contributed by atoms with E-state index in [1.54, 1.807) is 0 Å². The number of benzene rings is 9. The van der Waals surface area contributed by atoms with E-state index in [0.717, 1.165) is 116 Å². The molecule has 0 aliphatic carbocycles. The van der Waals surface area contributed by atoms with Crippen molar-refractivity contribution in [3.63, 3.8) is 0 Å². The summed E-state index contributed by atoms with van der Waals surface area (Å²) in [4.78, 5) is 2.34. The van der Waals surface area contributed by atoms with Crippen LogP contribution in [-0.2, 0) is 0 Å². The van der Waals surface area contributed by atoms with Crippen LogP contribution in [0.4, 0.5) is 17.1 Å². The van der Waals surface area contributed by atoms with Crippen molar-refractivity contribution in [2.45, 2.75) is 0 Å². The van der Waals surface area contributed by atoms with Gasteiger partial charge in [-0.1, -0.05) is 140 Å². The van der Waals surface area contributed by atoms with Crippen molar-refractivity contribution in [3.05, 3.63) is 188 Å². The Morgan fingerprint density at radius 1 is 0.304 bits per heavy atom. The first-order chi connectivity index (χ1) is 27.8. The van der Waals surface area contributed by atoms with Gasteiger partial charge in [0.05, 0.1) is 5.69 Å². The van der Waals surface area contributed by atoms with Crippen LogP contribution in [0.25, 0.3) is 98.8 Å². The highest BCUT2D eigenvalue weighted by Gasteiger charge is 2.23. The van der Waals surface area contributed by atoms with Gasteiger partial charge in [0.15, 0.2) is 5.58 Å². The SMILES string of the molecule is c1ccc2c(N(c3ccc(-c4cccc5c4oc4ccccc45)cc3)c3ccc(-c4cccc5c4oc4ccccc45)cc3)c3oc4ccccc4c3cc2c1. The molecule has 56 heavy (non-hydrogen) atoms. The third kappa shape index (κ3) is 4.60. The van der Waals surface area contributed by atoms with Gasteiger partial charge in [-0.05, 0) is 65.0 Å². The molecule has 3 heterocycles. The molecule has 0 amide bonds. The Kier molecular flexibility index (Phi) is 6.60. The van der Waals surface area contributed by atoms with Crippen molar-refractivity contribution in [1.82, 2.24) is 0 Å². The molecule has 0 spiro atoms. The Morgan fingerprint density at radius 3 is 1.23 bits per heavy atom. The summed E-state index contributed by atoms with van der Waals surface area (Å²) in [6.07, 6.45) is 0. The third-order valence-corrected chi connectivity index (χ3v) is 11.3. The van der Waals surface area contributed by atoms with E-state index in [0.29, 0.717) is 0 Å². The van der Waals surface area contributed by atoms with Crippen molar-refractivity contribution < 1.29 is 13.3 Å². The van der Waals surface area contributed by atoms with Gasteiger partial charge in [0.25, 0.3) is 0 Å². The minimum Gasteiger partial charge on any atom is -0.455 e. The van der Waals surface area contributed by atoms with Gasteiger partial charge in [0, 0.05) is 60.2 Å². The van der Waals surface area contributed by atoms with E-state index in [2.05, 4.69) is 163 Å². The van der Waals surface area contributed by atoms with Gasteiger partial charge in [0.2, 0.25) is 0 Å². The molecule has 262 valence electrons. The molecule has 0 radical (unpaired) electrons. The van der Waals surface area contributed by atoms with Crippen molar-refractivity contribution in [2.24, 2.45) is 0 Å². The first kappa shape index (κ1) is 30.9. The fraction of sp³-hybridized carbons (Fsp3) is 0. The molecule has 3 aromatic heterocycles. The average Bonchev–Trinajstić information content (AvgIpc) is 3.95. The summed E-state index contributed by atoms with van der Waals surface area (Å²) in [5.74, 6) is 0. The Labute approximate surface area is 321 Å². The standard InChI is InChI=1S/C52H31NO3/c1-2-12-37-34(11-1)31-45-42-15-5-8-22-48(42)56-52(45)49(37)53(35-27-23-32(24-28-35)38-16-9-18-43-40-13-3-6-20-46(40)54-50(38)43)36-29-25-33(26-30-36)39-17-10-19-44-41-14-4-7-21-47(41)55-51(39)44/h1-31H. The first-order valence-electron chi connectivity index (χ1n) is 18.9. The molecule has 12 aromatic rings. The molecule has 0 bridgehead atoms. The predicted octanol–water partition coefficient (Wildman–Crippen LogP) is 15.3. The van der Waals surface area contributed by atoms with Crippen LogP contribution in [0.2, 0.25) is 0 Å². The number of nitrogens with zero attached hydrogens (tertiary/aromatic N) is 1. The quantitative estimate of drug-likeness (QED) is 0.178. The summed E-state index contributed by atoms with van der Waals surface area (Å²) in [6.45, 7) is 0. The van der Waals surface area contributed by atoms with Crippen molar-refractivity contribution >= 4 is 93.7 Å². The lowest BCUT2D eigenvalue weighted by Gasteiger charge is -2.27. The van der Waals surface area contributed by atoms with E-state index in [9.17, 15) is 0 Å². The largest absolute Gasteiger partial charge is 0.455 e. The van der Waals surface area contributed by atoms with E-state index in [4.69, 9.17) is 13.3 Å². The first-order valence-corrected chi connectivity index (χ1v) is 18.9. The fourth-order valence-corrected chi connectivity index (χ4v) is 8.66. The molecule has 0 atom stereocenters. The molecular formula is C52H31NO3. The van der Waals surface area contributed by atoms with Crippen LogP contribution < -0.4 is 4.90 Å². The molecule has 4 nitrogen and oxygen atoms in total. The Morgan fingerprint density at radius 2 is 0.714 bits per heavy atom. The van der Waals surface area contributed by atoms with E-state index < -0.39 is 0 Å². The van der Waals surface area contributed by atoms with Crippen LogP contribution in [-0.4, -0.2) is 0 Å². The second-order valence-electron chi connectivity index (χ2n) is 14.4. The molecule has 0 unspecified atom stereocenters. The van der Waals surface area contributed by atoms with Crippen LogP contribution in [0.5, 0.6) is 0 Å². The Bertz CT molecular complexity index is 3320. The topological polar surface area (TPSA) is 42.7 Å². The number of rotatable bonds is 5. The van der Waals surface area contributed by atoms with Crippen molar-refractivity contribution in [1.29, 1.82) is 0 Å². The monoisotopic (exact) mass is 717 g/mol. The summed E-state index contributed by atoms with van der Waals surface area (Å²) in [5.41, 5.74) is 12.6. The number of anilines is 3. The minimum atomic E-state index is 0.845. The highest BCUT2D eigenvalue weighted by atomic mass is 16.3. The molecule has 0 saturated carbocycles. The van der Waals surface area contributed by atoms with Crippen molar-refractivity contribution in [2.75, 3.05) is 4.90 Å². The van der Waals surface area contributed by atoms with Crippen LogP contribution in [0.1, 0.15) is 0 Å². The van der Waals surface area contributed by atoms with E-state index >= 15 is 0 Å². The average molecular weight is 718 g/mol. The fourth-order valence-electron chi connectivity index (χ4n) is 8.66. The smallest absolute Gasteiger partial charge is 0.160 e. The van der Waals surface area contributed by atoms with E-state index in [1.807, 2.05) is 30.3 Å². The molecule has 4 heteroatoms. The summed E-state index contributed by atoms with van der Waals surface area (Å²) >= 11 is 0. The van der Waals surface area contributed by atoms with Gasteiger partial charge in [-0.2, -0.15) is 0 Å². The van der Waals surface area contributed by atoms with Gasteiger partial charge >= 0.3 is 0 Å². The Balaban J connectivity index is 1.06. The summed E-state index contributed by atoms with van der Waals surface area (Å²) in [7, 11) is 0. The normalized spacial score (nSPS) is 11.9. The van der Waals surface area contributed by atoms with Crippen LogP contribution in [0.15, 0.2) is 201 Å². The second kappa shape index (κ2) is 12.0. The maximum absolute atomic E-state index is 6.79. The lowest BCUT2D eigenvalue weighted by Crippen LogP contribution is -2.11. The zero-order chi connectivity index (χ0) is 36.7. The van der Waals surface area contributed by atoms with Gasteiger partial charge in [-0.3, -0.25) is 0 Å². The number of furan rings is 3. The minimum absolute atomic E-state index is 0.845. The third-order valence-electron chi connectivity index (χ3n) is 11.3. The van der Waals surface area contributed by atoms with Crippen LogP contribution in [0.3, 0.4) is 0 Å². The molecule has 0 saturated heterocycles. The maximum Gasteiger partial charge on any atom is 0.160 e. The van der Waals surface area contributed by atoms with E-state index in [-0.39, 0.29) is 0 Å². The van der Waals surface area contributed by atoms with Crippen LogP contribution >= 0.6 is 0 Å². The van der Waals surface area contributed by atoms with Gasteiger partial charge in [0.1, 0.15) is 27.9 Å². The predicted molar refractivity (Wildman–Crippen MR) is 231 cm³/mol. The number of hydrogen-bond acceptors (Lipinski definition) is 4. The molecule has 0 fully saturated rings. The van der Waals surface area contributed by atoms with E-state index in [1.165, 1.54) is 0 Å².